The summed E-state index contributed by atoms with van der Waals surface area (Å²) in [4.78, 5) is 27.7. The van der Waals surface area contributed by atoms with Gasteiger partial charge in [-0.3, -0.25) is 9.59 Å². The highest BCUT2D eigenvalue weighted by Gasteiger charge is 2.37. The Kier molecular flexibility index (Phi) is 7.26. The SMILES string of the molecule is COc1cccc(OCC(=O)N2C[C@H]3NC(=O)CCc4ccc(O)c(c4)Oc4cc(ccc4OC)[C@@H]3C2)c1. The first-order valence-electron chi connectivity index (χ1n) is 12.4. The number of ether oxygens (including phenoxy) is 4. The molecule has 0 radical (unpaired) electrons. The second-order valence-electron chi connectivity index (χ2n) is 9.36. The molecule has 9 nitrogen and oxygen atoms in total. The molecule has 5 rings (SSSR count). The maximum Gasteiger partial charge on any atom is 0.260 e. The minimum Gasteiger partial charge on any atom is -0.504 e. The van der Waals surface area contributed by atoms with E-state index in [4.69, 9.17) is 18.9 Å². The van der Waals surface area contributed by atoms with E-state index in [1.54, 1.807) is 67.7 Å². The number of hydrogen-bond donors (Lipinski definition) is 2. The fourth-order valence-electron chi connectivity index (χ4n) is 4.87. The summed E-state index contributed by atoms with van der Waals surface area (Å²) in [6.07, 6.45) is 0.743. The van der Waals surface area contributed by atoms with Crippen molar-refractivity contribution in [1.29, 1.82) is 0 Å². The van der Waals surface area contributed by atoms with Crippen molar-refractivity contribution >= 4 is 11.8 Å². The molecule has 3 aromatic carbocycles. The minimum absolute atomic E-state index is 0.00733. The van der Waals surface area contributed by atoms with E-state index in [0.29, 0.717) is 42.5 Å². The molecular weight excluding hydrogens is 488 g/mol. The third-order valence-corrected chi connectivity index (χ3v) is 6.92. The topological polar surface area (TPSA) is 107 Å². The lowest BCUT2D eigenvalue weighted by atomic mass is 9.93. The van der Waals surface area contributed by atoms with Gasteiger partial charge in [0.05, 0.1) is 20.3 Å². The number of aryl methyl sites for hydroxylation is 1. The van der Waals surface area contributed by atoms with Crippen molar-refractivity contribution in [2.24, 2.45) is 0 Å². The summed E-state index contributed by atoms with van der Waals surface area (Å²) >= 11 is 0. The number of amides is 2. The molecule has 4 bridgehead atoms. The Bertz CT molecular complexity index is 1340. The highest BCUT2D eigenvalue weighted by molar-refractivity contribution is 5.80. The molecular formula is C29H30N2O7. The smallest absolute Gasteiger partial charge is 0.260 e. The zero-order valence-electron chi connectivity index (χ0n) is 21.3. The molecule has 2 aliphatic heterocycles. The number of carbonyl (C=O) groups excluding carboxylic acids is 2. The Morgan fingerprint density at radius 1 is 1.00 bits per heavy atom. The van der Waals surface area contributed by atoms with Gasteiger partial charge in [-0.25, -0.2) is 0 Å². The van der Waals surface area contributed by atoms with Gasteiger partial charge in [-0.15, -0.1) is 0 Å². The number of methoxy groups -OCH3 is 2. The zero-order valence-corrected chi connectivity index (χ0v) is 21.3. The normalized spacial score (nSPS) is 18.6. The van der Waals surface area contributed by atoms with Gasteiger partial charge in [0.25, 0.3) is 5.91 Å². The lowest BCUT2D eigenvalue weighted by molar-refractivity contribution is -0.132. The van der Waals surface area contributed by atoms with Gasteiger partial charge in [0, 0.05) is 31.5 Å². The van der Waals surface area contributed by atoms with Gasteiger partial charge in [-0.2, -0.15) is 0 Å². The van der Waals surface area contributed by atoms with Crippen LogP contribution in [0.25, 0.3) is 0 Å². The first-order valence-corrected chi connectivity index (χ1v) is 12.4. The predicted molar refractivity (Wildman–Crippen MR) is 139 cm³/mol. The molecule has 3 aromatic rings. The van der Waals surface area contributed by atoms with Crippen LogP contribution >= 0.6 is 0 Å². The van der Waals surface area contributed by atoms with Crippen molar-refractivity contribution in [2.75, 3.05) is 33.9 Å². The van der Waals surface area contributed by atoms with Crippen LogP contribution in [-0.4, -0.2) is 61.8 Å². The number of aromatic hydroxyl groups is 1. The molecule has 1 fully saturated rings. The van der Waals surface area contributed by atoms with Gasteiger partial charge >= 0.3 is 0 Å². The Hall–Kier alpha value is -4.40. The molecule has 0 unspecified atom stereocenters. The van der Waals surface area contributed by atoms with Crippen LogP contribution < -0.4 is 24.3 Å². The van der Waals surface area contributed by atoms with Gasteiger partial charge in [0.15, 0.2) is 29.6 Å². The molecule has 0 aliphatic carbocycles. The highest BCUT2D eigenvalue weighted by atomic mass is 16.5. The number of rotatable bonds is 5. The number of phenols is 1. The van der Waals surface area contributed by atoms with Crippen LogP contribution in [0.4, 0.5) is 0 Å². The summed E-state index contributed by atoms with van der Waals surface area (Å²) in [6.45, 7) is 0.620. The molecule has 0 saturated carbocycles. The molecule has 1 saturated heterocycles. The van der Waals surface area contributed by atoms with E-state index in [9.17, 15) is 14.7 Å². The monoisotopic (exact) mass is 518 g/mol. The molecule has 0 spiro atoms. The molecule has 2 atom stereocenters. The van der Waals surface area contributed by atoms with Crippen molar-refractivity contribution < 1.29 is 33.6 Å². The van der Waals surface area contributed by atoms with Gasteiger partial charge in [0.2, 0.25) is 5.91 Å². The molecule has 0 aromatic heterocycles. The third-order valence-electron chi connectivity index (χ3n) is 6.92. The molecule has 38 heavy (non-hydrogen) atoms. The molecule has 198 valence electrons. The van der Waals surface area contributed by atoms with E-state index in [1.807, 2.05) is 12.1 Å². The van der Waals surface area contributed by atoms with E-state index in [1.165, 1.54) is 0 Å². The second kappa shape index (κ2) is 10.9. The van der Waals surface area contributed by atoms with Gasteiger partial charge < -0.3 is 34.3 Å². The van der Waals surface area contributed by atoms with Crippen LogP contribution in [0.5, 0.6) is 34.5 Å². The van der Waals surface area contributed by atoms with E-state index in [0.717, 1.165) is 11.1 Å². The summed E-state index contributed by atoms with van der Waals surface area (Å²) in [5.74, 6) is 1.94. The highest BCUT2D eigenvalue weighted by Crippen LogP contribution is 2.40. The fraction of sp³-hybridized carbons (Fsp3) is 0.310. The molecule has 2 aliphatic rings. The summed E-state index contributed by atoms with van der Waals surface area (Å²) < 4.78 is 22.5. The van der Waals surface area contributed by atoms with Gasteiger partial charge in [0.1, 0.15) is 11.5 Å². The van der Waals surface area contributed by atoms with Crippen LogP contribution in [0.1, 0.15) is 23.5 Å². The number of fused-ring (bicyclic) bond motifs is 6. The number of nitrogens with one attached hydrogen (secondary N) is 1. The van der Waals surface area contributed by atoms with Crippen LogP contribution in [0.3, 0.4) is 0 Å². The second-order valence-corrected chi connectivity index (χ2v) is 9.36. The average molecular weight is 519 g/mol. The number of benzene rings is 3. The summed E-state index contributed by atoms with van der Waals surface area (Å²) in [5, 5.41) is 13.5. The molecule has 2 heterocycles. The van der Waals surface area contributed by atoms with E-state index in [-0.39, 0.29) is 48.3 Å². The Morgan fingerprint density at radius 3 is 2.66 bits per heavy atom. The predicted octanol–water partition coefficient (Wildman–Crippen LogP) is 3.64. The van der Waals surface area contributed by atoms with Crippen molar-refractivity contribution in [3.05, 3.63) is 71.8 Å². The fourth-order valence-corrected chi connectivity index (χ4v) is 4.87. The first kappa shape index (κ1) is 25.3. The van der Waals surface area contributed by atoms with Crippen LogP contribution in [-0.2, 0) is 16.0 Å². The lowest BCUT2D eigenvalue weighted by Gasteiger charge is -2.21. The van der Waals surface area contributed by atoms with Crippen LogP contribution in [0, 0.1) is 0 Å². The zero-order chi connectivity index (χ0) is 26.6. The number of hydrogen-bond acceptors (Lipinski definition) is 7. The summed E-state index contributed by atoms with van der Waals surface area (Å²) in [5.41, 5.74) is 1.74. The summed E-state index contributed by atoms with van der Waals surface area (Å²) in [7, 11) is 3.12. The molecule has 9 heteroatoms. The van der Waals surface area contributed by atoms with E-state index < -0.39 is 0 Å². The van der Waals surface area contributed by atoms with E-state index in [2.05, 4.69) is 5.32 Å². The third kappa shape index (κ3) is 5.46. The largest absolute Gasteiger partial charge is 0.504 e. The van der Waals surface area contributed by atoms with Crippen LogP contribution in [0.2, 0.25) is 0 Å². The van der Waals surface area contributed by atoms with Crippen molar-refractivity contribution in [2.45, 2.75) is 24.8 Å². The number of likely N-dealkylation sites (tertiary alicyclic amines) is 1. The van der Waals surface area contributed by atoms with Gasteiger partial charge in [-0.05, 0) is 53.9 Å². The summed E-state index contributed by atoms with van der Waals surface area (Å²) in [6, 6.07) is 17.4. The number of carbonyl (C=O) groups is 2. The van der Waals surface area contributed by atoms with Crippen molar-refractivity contribution in [3.8, 4) is 34.5 Å². The Labute approximate surface area is 220 Å². The van der Waals surface area contributed by atoms with Crippen molar-refractivity contribution in [3.63, 3.8) is 0 Å². The van der Waals surface area contributed by atoms with Gasteiger partial charge in [-0.1, -0.05) is 18.2 Å². The lowest BCUT2D eigenvalue weighted by Crippen LogP contribution is -2.41. The molecule has 2 N–H and O–H groups in total. The molecule has 2 amide bonds. The maximum absolute atomic E-state index is 13.1. The Balaban J connectivity index is 1.40. The average Bonchev–Trinajstić information content (AvgIpc) is 3.35. The Morgan fingerprint density at radius 2 is 1.84 bits per heavy atom. The number of nitrogens with zero attached hydrogens (tertiary/aromatic N) is 1. The quantitative estimate of drug-likeness (QED) is 0.531. The first-order chi connectivity index (χ1) is 18.4. The van der Waals surface area contributed by atoms with Crippen molar-refractivity contribution in [1.82, 2.24) is 10.2 Å². The number of phenolic OH excluding ortho intramolecular Hbond substituents is 1. The standard InChI is InChI=1S/C29H30N2O7/c1-35-20-4-3-5-21(14-20)37-17-29(34)31-15-22-19-8-10-25(36-2)27(13-19)38-26-12-18(6-9-24(26)32)7-11-28(33)30-23(22)16-31/h3-6,8-10,12-14,22-23,32H,7,11,15-17H2,1-2H3,(H,30,33)/t22-,23+/m0/s1. The van der Waals surface area contributed by atoms with E-state index >= 15 is 0 Å². The minimum atomic E-state index is -0.290. The maximum atomic E-state index is 13.1. The van der Waals surface area contributed by atoms with Crippen LogP contribution in [0.15, 0.2) is 60.7 Å².